The van der Waals surface area contributed by atoms with Crippen molar-refractivity contribution in [2.45, 2.75) is 102 Å². The Labute approximate surface area is 260 Å². The van der Waals surface area contributed by atoms with Gasteiger partial charge in [-0.3, -0.25) is 13.9 Å². The molecule has 3 amide bonds. The number of nitrogens with zero attached hydrogens (tertiary/aromatic N) is 3. The van der Waals surface area contributed by atoms with Crippen molar-refractivity contribution in [3.05, 3.63) is 35.9 Å². The van der Waals surface area contributed by atoms with Gasteiger partial charge in [0, 0.05) is 79.2 Å². The summed E-state index contributed by atoms with van der Waals surface area (Å²) in [7, 11) is -0.773. The number of urea groups is 1. The van der Waals surface area contributed by atoms with Gasteiger partial charge in [-0.25, -0.2) is 4.79 Å². The Bertz CT molecular complexity index is 1150. The highest BCUT2D eigenvalue weighted by molar-refractivity contribution is 7.85. The minimum Gasteiger partial charge on any atom is -0.381 e. The van der Waals surface area contributed by atoms with Crippen LogP contribution in [0.4, 0.5) is 4.79 Å². The lowest BCUT2D eigenvalue weighted by molar-refractivity contribution is -0.126. The Morgan fingerprint density at radius 1 is 1.09 bits per heavy atom. The van der Waals surface area contributed by atoms with Crippen LogP contribution in [0.3, 0.4) is 0 Å². The molecule has 5 aliphatic rings. The van der Waals surface area contributed by atoms with Crippen LogP contribution in [0.1, 0.15) is 83.7 Å². The average Bonchev–Trinajstić information content (AvgIpc) is 3.46. The molecule has 4 saturated heterocycles. The molecule has 9 heteroatoms. The summed E-state index contributed by atoms with van der Waals surface area (Å²) in [5, 5.41) is 3.40. The number of amides is 3. The third-order valence-electron chi connectivity index (χ3n) is 11.2. The minimum atomic E-state index is -0.773. The zero-order valence-corrected chi connectivity index (χ0v) is 27.2. The molecule has 5 atom stereocenters. The Morgan fingerprint density at radius 2 is 1.81 bits per heavy atom. The van der Waals surface area contributed by atoms with Crippen LogP contribution in [-0.2, 0) is 20.3 Å². The van der Waals surface area contributed by atoms with E-state index in [9.17, 15) is 13.8 Å². The van der Waals surface area contributed by atoms with Crippen molar-refractivity contribution < 1.29 is 18.5 Å². The lowest BCUT2D eigenvalue weighted by Crippen LogP contribution is -2.61. The number of nitrogens with one attached hydrogen (secondary N) is 1. The maximum Gasteiger partial charge on any atom is 0.320 e. The Balaban J connectivity index is 1.14. The second-order valence-corrected chi connectivity index (χ2v) is 15.8. The van der Waals surface area contributed by atoms with Gasteiger partial charge in [-0.15, -0.1) is 0 Å². The predicted octanol–water partition coefficient (Wildman–Crippen LogP) is 4.58. The quantitative estimate of drug-likeness (QED) is 0.419. The molecule has 6 rings (SSSR count). The topological polar surface area (TPSA) is 82.2 Å². The van der Waals surface area contributed by atoms with Gasteiger partial charge in [-0.1, -0.05) is 37.3 Å². The first-order valence-corrected chi connectivity index (χ1v) is 18.4. The normalized spacial score (nSPS) is 34.0. The first-order chi connectivity index (χ1) is 20.8. The van der Waals surface area contributed by atoms with E-state index >= 15 is 0 Å². The summed E-state index contributed by atoms with van der Waals surface area (Å²) in [6, 6.07) is 11.8. The third-order valence-corrected chi connectivity index (χ3v) is 12.6. The van der Waals surface area contributed by atoms with Gasteiger partial charge in [0.1, 0.15) is 0 Å². The van der Waals surface area contributed by atoms with Gasteiger partial charge < -0.3 is 19.9 Å². The number of benzene rings is 1. The number of likely N-dealkylation sites (tertiary alicyclic amines) is 1. The summed E-state index contributed by atoms with van der Waals surface area (Å²) in [5.41, 5.74) is 1.07. The van der Waals surface area contributed by atoms with Crippen LogP contribution in [0, 0.1) is 17.8 Å². The Morgan fingerprint density at radius 3 is 2.49 bits per heavy atom. The van der Waals surface area contributed by atoms with E-state index in [1.165, 1.54) is 0 Å². The number of carbonyl (C=O) groups excluding carboxylic acids is 2. The van der Waals surface area contributed by atoms with Crippen LogP contribution in [0.2, 0.25) is 0 Å². The second-order valence-electron chi connectivity index (χ2n) is 14.1. The van der Waals surface area contributed by atoms with Gasteiger partial charge in [0.15, 0.2) is 0 Å². The first kappa shape index (κ1) is 31.0. The summed E-state index contributed by atoms with van der Waals surface area (Å²) in [5.74, 6) is 2.50. The third kappa shape index (κ3) is 6.28. The molecule has 8 nitrogen and oxygen atoms in total. The molecule has 1 spiro atoms. The predicted molar refractivity (Wildman–Crippen MR) is 170 cm³/mol. The molecule has 5 fully saturated rings. The summed E-state index contributed by atoms with van der Waals surface area (Å²) >= 11 is 0. The van der Waals surface area contributed by atoms with Crippen molar-refractivity contribution in [1.82, 2.24) is 20.0 Å². The molecule has 0 aromatic heterocycles. The van der Waals surface area contributed by atoms with Crippen LogP contribution in [0.15, 0.2) is 30.3 Å². The molecule has 238 valence electrons. The summed E-state index contributed by atoms with van der Waals surface area (Å²) in [6.07, 6.45) is 7.65. The maximum absolute atomic E-state index is 13.8. The number of hydrogen-bond acceptors (Lipinski definition) is 5. The van der Waals surface area contributed by atoms with E-state index in [0.29, 0.717) is 48.3 Å². The summed E-state index contributed by atoms with van der Waals surface area (Å²) in [4.78, 5) is 34.3. The smallest absolute Gasteiger partial charge is 0.320 e. The van der Waals surface area contributed by atoms with Crippen LogP contribution in [0.5, 0.6) is 0 Å². The van der Waals surface area contributed by atoms with Gasteiger partial charge in [-0.2, -0.15) is 0 Å². The van der Waals surface area contributed by atoms with Crippen LogP contribution in [-0.4, -0.2) is 98.9 Å². The van der Waals surface area contributed by atoms with E-state index in [1.54, 1.807) is 0 Å². The molecule has 1 N–H and O–H groups in total. The van der Waals surface area contributed by atoms with E-state index in [4.69, 9.17) is 4.74 Å². The molecule has 1 aromatic carbocycles. The molecule has 4 heterocycles. The van der Waals surface area contributed by atoms with Crippen molar-refractivity contribution in [2.24, 2.45) is 17.8 Å². The van der Waals surface area contributed by atoms with Crippen molar-refractivity contribution in [3.8, 4) is 0 Å². The lowest BCUT2D eigenvalue weighted by atomic mass is 9.80. The van der Waals surface area contributed by atoms with Crippen molar-refractivity contribution in [1.29, 1.82) is 0 Å². The van der Waals surface area contributed by atoms with Gasteiger partial charge >= 0.3 is 6.03 Å². The van der Waals surface area contributed by atoms with Crippen molar-refractivity contribution >= 4 is 22.7 Å². The zero-order chi connectivity index (χ0) is 30.1. The van der Waals surface area contributed by atoms with Crippen LogP contribution < -0.4 is 5.32 Å². The monoisotopic (exact) mass is 612 g/mol. The highest BCUT2D eigenvalue weighted by atomic mass is 32.2. The van der Waals surface area contributed by atoms with Gasteiger partial charge in [0.05, 0.1) is 11.6 Å². The SMILES string of the molecule is CCC1C2CC3(CC2N1CC[C@H](NC(=O)C1CCS(=O)CC1)c1ccccc1)CN(CC1CCOCC1)C(=O)N3C(C)C. The van der Waals surface area contributed by atoms with Crippen molar-refractivity contribution in [3.63, 3.8) is 0 Å². The Hall–Kier alpha value is -1.97. The highest BCUT2D eigenvalue weighted by Gasteiger charge is 2.63. The van der Waals surface area contributed by atoms with Crippen LogP contribution in [0.25, 0.3) is 0 Å². The molecule has 4 unspecified atom stereocenters. The number of carbonyl (C=O) groups is 2. The molecule has 4 aliphatic heterocycles. The molecule has 0 radical (unpaired) electrons. The summed E-state index contributed by atoms with van der Waals surface area (Å²) in [6.45, 7) is 11.0. The van der Waals surface area contributed by atoms with Gasteiger partial charge in [-0.05, 0) is 82.6 Å². The molecule has 1 aromatic rings. The molecule has 1 aliphatic carbocycles. The number of rotatable bonds is 10. The molecular formula is C34H52N4O4S. The molecule has 43 heavy (non-hydrogen) atoms. The lowest BCUT2D eigenvalue weighted by Gasteiger charge is -2.53. The largest absolute Gasteiger partial charge is 0.381 e. The average molecular weight is 613 g/mol. The van der Waals surface area contributed by atoms with Gasteiger partial charge in [0.2, 0.25) is 5.91 Å². The number of hydrogen-bond donors (Lipinski definition) is 1. The second kappa shape index (κ2) is 13.2. The maximum atomic E-state index is 13.8. The highest BCUT2D eigenvalue weighted by Crippen LogP contribution is 2.54. The van der Waals surface area contributed by atoms with E-state index in [0.717, 1.165) is 76.9 Å². The number of ether oxygens (including phenoxy) is 1. The first-order valence-electron chi connectivity index (χ1n) is 16.9. The fraction of sp³-hybridized carbons (Fsp3) is 0.765. The fourth-order valence-electron chi connectivity index (χ4n) is 9.18. The standard InChI is InChI=1S/C34H52N4O4S/c1-4-30-28-20-34(23-36(33(40)38(34)24(2)3)22-25-11-16-42-17-12-25)21-31(28)37(30)15-10-29(26-8-6-5-7-9-26)35-32(39)27-13-18-43(41)19-14-27/h5-9,24-25,27-31H,4,10-23H2,1-3H3,(H,35,39)/t27?,28?,29-,30?,31?,34?,43?/m0/s1. The Kier molecular flexibility index (Phi) is 9.51. The minimum absolute atomic E-state index is 0.0387. The molecular weight excluding hydrogens is 560 g/mol. The molecule has 0 bridgehead atoms. The van der Waals surface area contributed by atoms with E-state index in [2.05, 4.69) is 65.1 Å². The van der Waals surface area contributed by atoms with Crippen molar-refractivity contribution in [2.75, 3.05) is 44.4 Å². The zero-order valence-electron chi connectivity index (χ0n) is 26.4. The number of fused-ring (bicyclic) bond motifs is 1. The molecule has 1 saturated carbocycles. The van der Waals surface area contributed by atoms with E-state index < -0.39 is 10.8 Å². The fourth-order valence-corrected chi connectivity index (χ4v) is 10.5. The summed E-state index contributed by atoms with van der Waals surface area (Å²) < 4.78 is 17.4. The van der Waals surface area contributed by atoms with Gasteiger partial charge in [0.25, 0.3) is 0 Å². The van der Waals surface area contributed by atoms with Crippen LogP contribution >= 0.6 is 0 Å². The van der Waals surface area contributed by atoms with E-state index in [-0.39, 0.29) is 35.5 Å². The van der Waals surface area contributed by atoms with E-state index in [1.807, 2.05) is 6.07 Å².